The van der Waals surface area contributed by atoms with Crippen molar-refractivity contribution >= 4 is 17.5 Å². The Balaban J connectivity index is 2.01. The lowest BCUT2D eigenvalue weighted by Crippen LogP contribution is -2.44. The van der Waals surface area contributed by atoms with Gasteiger partial charge in [-0.05, 0) is 58.2 Å². The molecule has 0 heterocycles. The minimum absolute atomic E-state index is 0.0743. The first-order chi connectivity index (χ1) is 14.8. The van der Waals surface area contributed by atoms with E-state index in [1.54, 1.807) is 23.1 Å². The smallest absolute Gasteiger partial charge is 0.260 e. The third-order valence-electron chi connectivity index (χ3n) is 4.74. The molecule has 0 spiro atoms. The molecule has 0 aliphatic heterocycles. The molecule has 6 nitrogen and oxygen atoms in total. The van der Waals surface area contributed by atoms with Gasteiger partial charge >= 0.3 is 0 Å². The molecule has 2 rings (SSSR count). The van der Waals surface area contributed by atoms with Gasteiger partial charge in [0.05, 0.1) is 12.3 Å². The van der Waals surface area contributed by atoms with Crippen LogP contribution < -0.4 is 14.8 Å². The third kappa shape index (κ3) is 7.96. The number of nitrogens with zero attached hydrogens (tertiary/aromatic N) is 1. The molecular formula is C25H34N2O4. The quantitative estimate of drug-likeness (QED) is 0.530. The number of hydrogen-bond donors (Lipinski definition) is 1. The summed E-state index contributed by atoms with van der Waals surface area (Å²) >= 11 is 0. The lowest BCUT2D eigenvalue weighted by molar-refractivity contribution is -0.136. The number of aryl methyl sites for hydroxylation is 1. The monoisotopic (exact) mass is 426 g/mol. The first-order valence-electron chi connectivity index (χ1n) is 10.8. The second-order valence-electron chi connectivity index (χ2n) is 8.05. The van der Waals surface area contributed by atoms with Gasteiger partial charge in [-0.2, -0.15) is 0 Å². The van der Waals surface area contributed by atoms with Gasteiger partial charge in [-0.15, -0.1) is 0 Å². The summed E-state index contributed by atoms with van der Waals surface area (Å²) in [4.78, 5) is 26.0. The highest BCUT2D eigenvalue weighted by Gasteiger charge is 2.21. The standard InChI is InChI=1S/C25H34N2O4/c1-18(2)27(19(3)4)25(29)17-31-24-16-22(13-14-23(24)26-20(5)28)30-15-9-12-21-10-7-6-8-11-21/h6-8,10-11,13-14,16,18-19H,9,12,15,17H2,1-5H3,(H,26,28). The van der Waals surface area contributed by atoms with Gasteiger partial charge < -0.3 is 19.7 Å². The van der Waals surface area contributed by atoms with E-state index in [2.05, 4.69) is 17.4 Å². The summed E-state index contributed by atoms with van der Waals surface area (Å²) in [5.41, 5.74) is 1.78. The first-order valence-corrected chi connectivity index (χ1v) is 10.8. The fourth-order valence-electron chi connectivity index (χ4n) is 3.50. The average Bonchev–Trinajstić information content (AvgIpc) is 2.71. The molecule has 168 valence electrons. The van der Waals surface area contributed by atoms with Crippen LogP contribution in [0, 0.1) is 0 Å². The molecule has 0 atom stereocenters. The van der Waals surface area contributed by atoms with Crippen molar-refractivity contribution in [2.45, 2.75) is 59.5 Å². The Labute approximate surface area is 185 Å². The Hall–Kier alpha value is -3.02. The molecule has 2 aromatic rings. The minimum Gasteiger partial charge on any atom is -0.493 e. The fraction of sp³-hybridized carbons (Fsp3) is 0.440. The maximum absolute atomic E-state index is 12.6. The Bertz CT molecular complexity index is 842. The van der Waals surface area contributed by atoms with E-state index < -0.39 is 0 Å². The van der Waals surface area contributed by atoms with E-state index in [0.717, 1.165) is 12.8 Å². The highest BCUT2D eigenvalue weighted by molar-refractivity contribution is 5.90. The molecule has 2 amide bonds. The number of anilines is 1. The van der Waals surface area contributed by atoms with Crippen molar-refractivity contribution in [3.05, 3.63) is 54.1 Å². The van der Waals surface area contributed by atoms with E-state index in [1.807, 2.05) is 45.9 Å². The Morgan fingerprint density at radius 2 is 1.65 bits per heavy atom. The van der Waals surface area contributed by atoms with Crippen LogP contribution in [0.25, 0.3) is 0 Å². The summed E-state index contributed by atoms with van der Waals surface area (Å²) < 4.78 is 11.7. The SMILES string of the molecule is CC(=O)Nc1ccc(OCCCc2ccccc2)cc1OCC(=O)N(C(C)C)C(C)C. The van der Waals surface area contributed by atoms with Crippen LogP contribution in [-0.2, 0) is 16.0 Å². The van der Waals surface area contributed by atoms with Gasteiger partial charge in [-0.3, -0.25) is 9.59 Å². The summed E-state index contributed by atoms with van der Waals surface area (Å²) in [5, 5.41) is 2.74. The maximum atomic E-state index is 12.6. The summed E-state index contributed by atoms with van der Waals surface area (Å²) in [7, 11) is 0. The van der Waals surface area contributed by atoms with Crippen molar-refractivity contribution in [3.8, 4) is 11.5 Å². The Kier molecular flexibility index (Phi) is 9.38. The first kappa shape index (κ1) is 24.3. The molecule has 1 N–H and O–H groups in total. The van der Waals surface area contributed by atoms with E-state index >= 15 is 0 Å². The number of nitrogens with one attached hydrogen (secondary N) is 1. The van der Waals surface area contributed by atoms with Crippen molar-refractivity contribution in [2.24, 2.45) is 0 Å². The molecule has 0 aromatic heterocycles. The molecule has 0 radical (unpaired) electrons. The highest BCUT2D eigenvalue weighted by Crippen LogP contribution is 2.30. The van der Waals surface area contributed by atoms with Crippen LogP contribution in [0.1, 0.15) is 46.6 Å². The molecule has 0 bridgehead atoms. The molecule has 2 aromatic carbocycles. The van der Waals surface area contributed by atoms with Gasteiger partial charge in [0.1, 0.15) is 11.5 Å². The minimum atomic E-state index is -0.210. The second-order valence-corrected chi connectivity index (χ2v) is 8.05. The van der Waals surface area contributed by atoms with Gasteiger partial charge in [0.2, 0.25) is 5.91 Å². The van der Waals surface area contributed by atoms with E-state index in [9.17, 15) is 9.59 Å². The number of rotatable bonds is 11. The highest BCUT2D eigenvalue weighted by atomic mass is 16.5. The number of benzene rings is 2. The summed E-state index contributed by atoms with van der Waals surface area (Å²) in [6, 6.07) is 15.7. The molecular weight excluding hydrogens is 392 g/mol. The van der Waals surface area contributed by atoms with Crippen LogP contribution in [0.15, 0.2) is 48.5 Å². The largest absolute Gasteiger partial charge is 0.493 e. The number of carbonyl (C=O) groups excluding carboxylic acids is 2. The zero-order chi connectivity index (χ0) is 22.8. The summed E-state index contributed by atoms with van der Waals surface area (Å²) in [6.07, 6.45) is 1.81. The Morgan fingerprint density at radius 3 is 2.26 bits per heavy atom. The third-order valence-corrected chi connectivity index (χ3v) is 4.74. The normalized spacial score (nSPS) is 10.8. The fourth-order valence-corrected chi connectivity index (χ4v) is 3.50. The molecule has 31 heavy (non-hydrogen) atoms. The number of hydrogen-bond acceptors (Lipinski definition) is 4. The molecule has 0 unspecified atom stereocenters. The number of amides is 2. The van der Waals surface area contributed by atoms with Crippen LogP contribution in [0.3, 0.4) is 0 Å². The van der Waals surface area contributed by atoms with Crippen molar-refractivity contribution in [2.75, 3.05) is 18.5 Å². The van der Waals surface area contributed by atoms with Gasteiger partial charge in [0, 0.05) is 25.1 Å². The molecule has 6 heteroatoms. The Morgan fingerprint density at radius 1 is 0.968 bits per heavy atom. The molecule has 0 saturated carbocycles. The zero-order valence-electron chi connectivity index (χ0n) is 19.2. The van der Waals surface area contributed by atoms with Crippen LogP contribution in [0.2, 0.25) is 0 Å². The predicted molar refractivity (Wildman–Crippen MR) is 124 cm³/mol. The lowest BCUT2D eigenvalue weighted by atomic mass is 10.1. The van der Waals surface area contributed by atoms with Gasteiger partial charge in [0.25, 0.3) is 5.91 Å². The van der Waals surface area contributed by atoms with Crippen LogP contribution in [-0.4, -0.2) is 42.0 Å². The lowest BCUT2D eigenvalue weighted by Gasteiger charge is -2.30. The summed E-state index contributed by atoms with van der Waals surface area (Å²) in [6.45, 7) is 9.79. The predicted octanol–water partition coefficient (Wildman–Crippen LogP) is 4.68. The van der Waals surface area contributed by atoms with E-state index in [1.165, 1.54) is 12.5 Å². The zero-order valence-corrected chi connectivity index (χ0v) is 19.2. The van der Waals surface area contributed by atoms with Crippen molar-refractivity contribution in [3.63, 3.8) is 0 Å². The molecule has 0 aliphatic rings. The van der Waals surface area contributed by atoms with E-state index in [0.29, 0.717) is 23.8 Å². The molecule has 0 saturated heterocycles. The van der Waals surface area contributed by atoms with Crippen LogP contribution >= 0.6 is 0 Å². The van der Waals surface area contributed by atoms with Gasteiger partial charge in [-0.25, -0.2) is 0 Å². The van der Waals surface area contributed by atoms with Crippen molar-refractivity contribution in [1.29, 1.82) is 0 Å². The second kappa shape index (κ2) is 12.0. The van der Waals surface area contributed by atoms with Crippen molar-refractivity contribution < 1.29 is 19.1 Å². The van der Waals surface area contributed by atoms with Gasteiger partial charge in [-0.1, -0.05) is 30.3 Å². The van der Waals surface area contributed by atoms with E-state index in [4.69, 9.17) is 9.47 Å². The van der Waals surface area contributed by atoms with Gasteiger partial charge in [0.15, 0.2) is 6.61 Å². The number of ether oxygens (including phenoxy) is 2. The molecule has 0 fully saturated rings. The van der Waals surface area contributed by atoms with Crippen LogP contribution in [0.4, 0.5) is 5.69 Å². The van der Waals surface area contributed by atoms with Crippen molar-refractivity contribution in [1.82, 2.24) is 4.90 Å². The topological polar surface area (TPSA) is 67.9 Å². The van der Waals surface area contributed by atoms with E-state index in [-0.39, 0.29) is 30.5 Å². The summed E-state index contributed by atoms with van der Waals surface area (Å²) in [5.74, 6) is 0.734. The average molecular weight is 427 g/mol. The maximum Gasteiger partial charge on any atom is 0.260 e. The molecule has 0 aliphatic carbocycles. The van der Waals surface area contributed by atoms with Crippen LogP contribution in [0.5, 0.6) is 11.5 Å². The number of carbonyl (C=O) groups is 2.